The van der Waals surface area contributed by atoms with Crippen LogP contribution in [0.3, 0.4) is 0 Å². The van der Waals surface area contributed by atoms with Crippen molar-refractivity contribution in [1.82, 2.24) is 19.9 Å². The molecule has 1 aliphatic rings. The van der Waals surface area contributed by atoms with E-state index in [1.54, 1.807) is 23.7 Å². The molecule has 2 aromatic carbocycles. The van der Waals surface area contributed by atoms with E-state index in [1.165, 1.54) is 0 Å². The summed E-state index contributed by atoms with van der Waals surface area (Å²) in [5.41, 5.74) is 6.06. The first-order valence-electron chi connectivity index (χ1n) is 12.4. The lowest BCUT2D eigenvalue weighted by molar-refractivity contribution is -0.117. The minimum Gasteiger partial charge on any atom is -0.352 e. The molecule has 1 saturated heterocycles. The van der Waals surface area contributed by atoms with Gasteiger partial charge in [-0.2, -0.15) is 11.3 Å². The highest BCUT2D eigenvalue weighted by Crippen LogP contribution is 2.25. The number of fused-ring (bicyclic) bond motifs is 1. The standard InChI is InChI=1S/C29H26N6OS/c36-25(16-22-7-14-37-20-22)15-21-1-3-23(4-2-21)24-5-6-26-27(17-24)33-29(19-32-26)35-12-10-34(11-13-35)28-18-30-8-9-31-28/h1-9,14,17-20H,10-13,15-16H2. The fraction of sp³-hybridized carbons (Fsp3) is 0.207. The van der Waals surface area contributed by atoms with Gasteiger partial charge >= 0.3 is 0 Å². The topological polar surface area (TPSA) is 75.1 Å². The summed E-state index contributed by atoms with van der Waals surface area (Å²) >= 11 is 1.63. The number of aromatic nitrogens is 4. The van der Waals surface area contributed by atoms with Crippen LogP contribution in [0.1, 0.15) is 11.1 Å². The molecular formula is C29H26N6OS. The molecule has 0 aliphatic carbocycles. The van der Waals surface area contributed by atoms with Gasteiger partial charge in [-0.05, 0) is 51.2 Å². The van der Waals surface area contributed by atoms with Gasteiger partial charge in [0.25, 0.3) is 0 Å². The van der Waals surface area contributed by atoms with E-state index < -0.39 is 0 Å². The number of anilines is 2. The molecule has 1 fully saturated rings. The predicted octanol–water partition coefficient (Wildman–Crippen LogP) is 4.83. The quantitative estimate of drug-likeness (QED) is 0.313. The molecule has 0 unspecified atom stereocenters. The van der Waals surface area contributed by atoms with E-state index in [1.807, 2.05) is 47.4 Å². The van der Waals surface area contributed by atoms with Crippen LogP contribution in [-0.4, -0.2) is 51.9 Å². The van der Waals surface area contributed by atoms with E-state index in [-0.39, 0.29) is 5.78 Å². The SMILES string of the molecule is O=C(Cc1ccc(-c2ccc3ncc(N4CCN(c5cnccn5)CC4)nc3c2)cc1)Cc1ccsc1. The fourth-order valence-electron chi connectivity index (χ4n) is 4.68. The minimum absolute atomic E-state index is 0.234. The molecule has 0 bridgehead atoms. The van der Waals surface area contributed by atoms with E-state index in [0.29, 0.717) is 12.8 Å². The Morgan fingerprint density at radius 3 is 2.24 bits per heavy atom. The van der Waals surface area contributed by atoms with Gasteiger partial charge in [0.05, 0.1) is 23.4 Å². The number of carbonyl (C=O) groups is 1. The Kier molecular flexibility index (Phi) is 6.56. The molecule has 184 valence electrons. The third-order valence-corrected chi connectivity index (χ3v) is 7.41. The van der Waals surface area contributed by atoms with E-state index in [2.05, 4.69) is 49.0 Å². The Morgan fingerprint density at radius 1 is 0.757 bits per heavy atom. The molecule has 0 spiro atoms. The highest BCUT2D eigenvalue weighted by molar-refractivity contribution is 7.08. The fourth-order valence-corrected chi connectivity index (χ4v) is 5.35. The first-order chi connectivity index (χ1) is 18.2. The summed E-state index contributed by atoms with van der Waals surface area (Å²) in [6, 6.07) is 16.5. The highest BCUT2D eigenvalue weighted by atomic mass is 32.1. The summed E-state index contributed by atoms with van der Waals surface area (Å²) in [5.74, 6) is 2.04. The molecule has 3 aromatic heterocycles. The number of hydrogen-bond donors (Lipinski definition) is 0. The summed E-state index contributed by atoms with van der Waals surface area (Å²) in [6.07, 6.45) is 8.04. The van der Waals surface area contributed by atoms with Crippen LogP contribution in [0.2, 0.25) is 0 Å². The molecular weight excluding hydrogens is 480 g/mol. The maximum atomic E-state index is 12.4. The van der Waals surface area contributed by atoms with Gasteiger partial charge in [-0.25, -0.2) is 9.97 Å². The zero-order chi connectivity index (χ0) is 25.0. The van der Waals surface area contributed by atoms with Crippen molar-refractivity contribution in [3.05, 3.63) is 95.2 Å². The number of Topliss-reactive ketones (excluding diaryl/α,β-unsaturated/α-hetero) is 1. The molecule has 7 nitrogen and oxygen atoms in total. The van der Waals surface area contributed by atoms with Gasteiger partial charge in [-0.1, -0.05) is 30.3 Å². The van der Waals surface area contributed by atoms with Crippen LogP contribution >= 0.6 is 11.3 Å². The molecule has 37 heavy (non-hydrogen) atoms. The van der Waals surface area contributed by atoms with E-state index in [0.717, 1.165) is 71.1 Å². The molecule has 4 heterocycles. The van der Waals surface area contributed by atoms with Gasteiger partial charge in [0.15, 0.2) is 0 Å². The maximum absolute atomic E-state index is 12.4. The Labute approximate surface area is 219 Å². The maximum Gasteiger partial charge on any atom is 0.147 e. The monoisotopic (exact) mass is 506 g/mol. The number of thiophene rings is 1. The number of ketones is 1. The largest absolute Gasteiger partial charge is 0.352 e. The first kappa shape index (κ1) is 23.2. The summed E-state index contributed by atoms with van der Waals surface area (Å²) in [4.78, 5) is 35.1. The van der Waals surface area contributed by atoms with Crippen molar-refractivity contribution in [2.45, 2.75) is 12.8 Å². The first-order valence-corrected chi connectivity index (χ1v) is 13.3. The number of piperazine rings is 1. The number of hydrogen-bond acceptors (Lipinski definition) is 8. The lowest BCUT2D eigenvalue weighted by Gasteiger charge is -2.35. The van der Waals surface area contributed by atoms with E-state index in [4.69, 9.17) is 4.98 Å². The zero-order valence-corrected chi connectivity index (χ0v) is 21.1. The lowest BCUT2D eigenvalue weighted by Crippen LogP contribution is -2.47. The van der Waals surface area contributed by atoms with Crippen LogP contribution in [-0.2, 0) is 17.6 Å². The zero-order valence-electron chi connectivity index (χ0n) is 20.3. The van der Waals surface area contributed by atoms with E-state index in [9.17, 15) is 4.79 Å². The molecule has 8 heteroatoms. The van der Waals surface area contributed by atoms with Gasteiger partial charge < -0.3 is 9.80 Å². The van der Waals surface area contributed by atoms with Gasteiger partial charge in [-0.15, -0.1) is 0 Å². The molecule has 6 rings (SSSR count). The second-order valence-corrected chi connectivity index (χ2v) is 9.97. The van der Waals surface area contributed by atoms with Crippen molar-refractivity contribution in [3.8, 4) is 11.1 Å². The van der Waals surface area contributed by atoms with Crippen LogP contribution in [0.5, 0.6) is 0 Å². The molecule has 0 radical (unpaired) electrons. The van der Waals surface area contributed by atoms with Crippen molar-refractivity contribution in [1.29, 1.82) is 0 Å². The minimum atomic E-state index is 0.234. The van der Waals surface area contributed by atoms with Crippen LogP contribution in [0, 0.1) is 0 Å². The highest BCUT2D eigenvalue weighted by Gasteiger charge is 2.20. The van der Waals surface area contributed by atoms with Crippen LogP contribution in [0.4, 0.5) is 11.6 Å². The van der Waals surface area contributed by atoms with E-state index >= 15 is 0 Å². The molecule has 5 aromatic rings. The van der Waals surface area contributed by atoms with Crippen molar-refractivity contribution in [2.24, 2.45) is 0 Å². The molecule has 0 atom stereocenters. The molecule has 0 N–H and O–H groups in total. The van der Waals surface area contributed by atoms with Crippen molar-refractivity contribution in [2.75, 3.05) is 36.0 Å². The smallest absolute Gasteiger partial charge is 0.147 e. The summed E-state index contributed by atoms with van der Waals surface area (Å²) in [6.45, 7) is 3.42. The molecule has 1 aliphatic heterocycles. The normalized spacial score (nSPS) is 13.7. The second-order valence-electron chi connectivity index (χ2n) is 9.19. The molecule has 0 amide bonds. The summed E-state index contributed by atoms with van der Waals surface area (Å²) in [5, 5.41) is 4.05. The Balaban J connectivity index is 1.14. The summed E-state index contributed by atoms with van der Waals surface area (Å²) in [7, 11) is 0. The average molecular weight is 507 g/mol. The van der Waals surface area contributed by atoms with Crippen LogP contribution < -0.4 is 9.80 Å². The van der Waals surface area contributed by atoms with Crippen molar-refractivity contribution >= 4 is 39.8 Å². The Hall–Kier alpha value is -4.17. The third-order valence-electron chi connectivity index (χ3n) is 6.68. The van der Waals surface area contributed by atoms with Gasteiger partial charge in [0.2, 0.25) is 0 Å². The number of rotatable bonds is 7. The van der Waals surface area contributed by atoms with Crippen LogP contribution in [0.25, 0.3) is 22.2 Å². The van der Waals surface area contributed by atoms with Gasteiger partial charge in [-0.3, -0.25) is 14.8 Å². The Morgan fingerprint density at radius 2 is 1.51 bits per heavy atom. The summed E-state index contributed by atoms with van der Waals surface area (Å²) < 4.78 is 0. The number of carbonyl (C=O) groups excluding carboxylic acids is 1. The van der Waals surface area contributed by atoms with Gasteiger partial charge in [0, 0.05) is 51.4 Å². The third kappa shape index (κ3) is 5.34. The number of benzene rings is 2. The predicted molar refractivity (Wildman–Crippen MR) is 148 cm³/mol. The van der Waals surface area contributed by atoms with Gasteiger partial charge in [0.1, 0.15) is 17.4 Å². The van der Waals surface area contributed by atoms with Crippen molar-refractivity contribution < 1.29 is 4.79 Å². The average Bonchev–Trinajstić information content (AvgIpc) is 3.46. The van der Waals surface area contributed by atoms with Crippen molar-refractivity contribution in [3.63, 3.8) is 0 Å². The van der Waals surface area contributed by atoms with Crippen LogP contribution in [0.15, 0.2) is 84.1 Å². The second kappa shape index (κ2) is 10.4. The lowest BCUT2D eigenvalue weighted by atomic mass is 10.00. The number of nitrogens with zero attached hydrogens (tertiary/aromatic N) is 6. The Bertz CT molecular complexity index is 1500. The molecule has 0 saturated carbocycles.